The third-order valence-electron chi connectivity index (χ3n) is 4.09. The average molecular weight is 504 g/mol. The minimum absolute atomic E-state index is 0. The van der Waals surface area contributed by atoms with Crippen LogP contribution in [0.2, 0.25) is 0 Å². The summed E-state index contributed by atoms with van der Waals surface area (Å²) in [6.45, 7) is 12.4. The highest BCUT2D eigenvalue weighted by molar-refractivity contribution is 14.0. The van der Waals surface area contributed by atoms with Crippen molar-refractivity contribution in [1.82, 2.24) is 25.0 Å². The fourth-order valence-corrected chi connectivity index (χ4v) is 3.69. The van der Waals surface area contributed by atoms with Crippen molar-refractivity contribution in [2.45, 2.75) is 59.0 Å². The van der Waals surface area contributed by atoms with Crippen molar-refractivity contribution in [2.75, 3.05) is 14.1 Å². The van der Waals surface area contributed by atoms with Crippen molar-refractivity contribution in [3.63, 3.8) is 0 Å². The first-order valence-electron chi connectivity index (χ1n) is 9.01. The van der Waals surface area contributed by atoms with Gasteiger partial charge in [-0.2, -0.15) is 5.10 Å². The highest BCUT2D eigenvalue weighted by Gasteiger charge is 2.18. The van der Waals surface area contributed by atoms with Crippen LogP contribution in [0.1, 0.15) is 62.5 Å². The van der Waals surface area contributed by atoms with Gasteiger partial charge in [-0.05, 0) is 5.92 Å². The molecule has 27 heavy (non-hydrogen) atoms. The Balaban J connectivity index is 0.00000364. The number of hydrogen-bond donors (Lipinski definition) is 1. The standard InChI is InChI=1S/C19H32N6S.HI/c1-13(2)16-14(11-25(8)23-16)10-24(7)18(20-6)21-9-15-12-26-17(22-15)19(3,4)5;/h11-13H,9-10H2,1-8H3,(H,20,21);1H. The molecule has 0 aliphatic carbocycles. The maximum atomic E-state index is 4.74. The van der Waals surface area contributed by atoms with E-state index in [1.807, 2.05) is 25.8 Å². The molecule has 0 fully saturated rings. The first-order valence-corrected chi connectivity index (χ1v) is 9.88. The fourth-order valence-electron chi connectivity index (χ4n) is 2.78. The predicted molar refractivity (Wildman–Crippen MR) is 125 cm³/mol. The number of halogens is 1. The number of nitrogens with one attached hydrogen (secondary N) is 1. The Morgan fingerprint density at radius 3 is 2.56 bits per heavy atom. The number of thiazole rings is 1. The van der Waals surface area contributed by atoms with Crippen LogP contribution in [-0.2, 0) is 25.6 Å². The first-order chi connectivity index (χ1) is 12.1. The van der Waals surface area contributed by atoms with Gasteiger partial charge >= 0.3 is 0 Å². The second kappa shape index (κ2) is 9.86. The molecule has 0 atom stereocenters. The highest BCUT2D eigenvalue weighted by Crippen LogP contribution is 2.25. The molecule has 2 aromatic heterocycles. The van der Waals surface area contributed by atoms with Crippen molar-refractivity contribution in [2.24, 2.45) is 12.0 Å². The van der Waals surface area contributed by atoms with Crippen molar-refractivity contribution in [3.05, 3.63) is 33.5 Å². The fraction of sp³-hybridized carbons (Fsp3) is 0.632. The zero-order valence-electron chi connectivity index (χ0n) is 17.7. The topological polar surface area (TPSA) is 58.3 Å². The van der Waals surface area contributed by atoms with Gasteiger partial charge in [0.25, 0.3) is 0 Å². The molecule has 0 bridgehead atoms. The van der Waals surface area contributed by atoms with E-state index in [4.69, 9.17) is 4.98 Å². The lowest BCUT2D eigenvalue weighted by Crippen LogP contribution is -2.38. The van der Waals surface area contributed by atoms with Gasteiger partial charge < -0.3 is 10.2 Å². The van der Waals surface area contributed by atoms with E-state index in [0.717, 1.165) is 28.9 Å². The van der Waals surface area contributed by atoms with E-state index < -0.39 is 0 Å². The number of aliphatic imine (C=N–C) groups is 1. The number of rotatable bonds is 5. The van der Waals surface area contributed by atoms with Crippen molar-refractivity contribution in [1.29, 1.82) is 0 Å². The molecular formula is C19H33IN6S. The Morgan fingerprint density at radius 1 is 1.37 bits per heavy atom. The number of guanidine groups is 1. The number of aromatic nitrogens is 3. The van der Waals surface area contributed by atoms with E-state index in [9.17, 15) is 0 Å². The second-order valence-corrected chi connectivity index (χ2v) is 8.88. The molecule has 0 amide bonds. The Kier molecular flexibility index (Phi) is 8.72. The molecule has 2 heterocycles. The molecule has 152 valence electrons. The summed E-state index contributed by atoms with van der Waals surface area (Å²) in [6, 6.07) is 0. The molecule has 0 saturated carbocycles. The molecule has 0 unspecified atom stereocenters. The van der Waals surface area contributed by atoms with E-state index in [0.29, 0.717) is 12.5 Å². The van der Waals surface area contributed by atoms with Gasteiger partial charge in [0.05, 0.1) is 22.9 Å². The molecule has 0 spiro atoms. The summed E-state index contributed by atoms with van der Waals surface area (Å²) in [6.07, 6.45) is 2.09. The van der Waals surface area contributed by atoms with Crippen LogP contribution in [0.5, 0.6) is 0 Å². The van der Waals surface area contributed by atoms with Gasteiger partial charge in [0.1, 0.15) is 0 Å². The Labute approximate surface area is 184 Å². The van der Waals surface area contributed by atoms with Gasteiger partial charge in [0, 0.05) is 50.2 Å². The van der Waals surface area contributed by atoms with Gasteiger partial charge in [-0.25, -0.2) is 4.98 Å². The highest BCUT2D eigenvalue weighted by atomic mass is 127. The maximum Gasteiger partial charge on any atom is 0.194 e. The van der Waals surface area contributed by atoms with Gasteiger partial charge in [-0.1, -0.05) is 34.6 Å². The van der Waals surface area contributed by atoms with E-state index in [1.165, 1.54) is 5.56 Å². The quantitative estimate of drug-likeness (QED) is 0.378. The lowest BCUT2D eigenvalue weighted by atomic mass is 9.98. The second-order valence-electron chi connectivity index (χ2n) is 8.02. The van der Waals surface area contributed by atoms with E-state index >= 15 is 0 Å². The van der Waals surface area contributed by atoms with Crippen LogP contribution in [0.4, 0.5) is 0 Å². The molecule has 8 heteroatoms. The number of hydrogen-bond acceptors (Lipinski definition) is 4. The molecule has 1 N–H and O–H groups in total. The van der Waals surface area contributed by atoms with Gasteiger partial charge in [-0.15, -0.1) is 35.3 Å². The van der Waals surface area contributed by atoms with Crippen LogP contribution < -0.4 is 5.32 Å². The summed E-state index contributed by atoms with van der Waals surface area (Å²) < 4.78 is 1.89. The lowest BCUT2D eigenvalue weighted by Gasteiger charge is -2.22. The summed E-state index contributed by atoms with van der Waals surface area (Å²) in [5, 5.41) is 11.3. The van der Waals surface area contributed by atoms with Crippen LogP contribution in [0, 0.1) is 0 Å². The Morgan fingerprint density at radius 2 is 2.04 bits per heavy atom. The van der Waals surface area contributed by atoms with Gasteiger partial charge in [-0.3, -0.25) is 9.67 Å². The van der Waals surface area contributed by atoms with Crippen molar-refractivity contribution < 1.29 is 0 Å². The van der Waals surface area contributed by atoms with Gasteiger partial charge in [0.2, 0.25) is 0 Å². The predicted octanol–water partition coefficient (Wildman–Crippen LogP) is 4.12. The molecule has 0 saturated heterocycles. The smallest absolute Gasteiger partial charge is 0.194 e. The number of nitrogens with zero attached hydrogens (tertiary/aromatic N) is 5. The van der Waals surface area contributed by atoms with E-state index in [1.54, 1.807) is 11.3 Å². The summed E-state index contributed by atoms with van der Waals surface area (Å²) in [7, 11) is 5.83. The Bertz CT molecular complexity index is 757. The third-order valence-corrected chi connectivity index (χ3v) is 5.40. The van der Waals surface area contributed by atoms with Crippen LogP contribution in [0.3, 0.4) is 0 Å². The molecule has 0 aromatic carbocycles. The molecule has 2 rings (SSSR count). The molecule has 0 aliphatic heterocycles. The molecule has 0 radical (unpaired) electrons. The third kappa shape index (κ3) is 6.44. The molecule has 6 nitrogen and oxygen atoms in total. The summed E-state index contributed by atoms with van der Waals surface area (Å²) >= 11 is 1.72. The summed E-state index contributed by atoms with van der Waals surface area (Å²) in [5.74, 6) is 1.26. The van der Waals surface area contributed by atoms with Gasteiger partial charge in [0.15, 0.2) is 5.96 Å². The summed E-state index contributed by atoms with van der Waals surface area (Å²) in [4.78, 5) is 11.3. The molecule has 2 aromatic rings. The largest absolute Gasteiger partial charge is 0.351 e. The van der Waals surface area contributed by atoms with E-state index in [-0.39, 0.29) is 29.4 Å². The van der Waals surface area contributed by atoms with E-state index in [2.05, 4.69) is 66.5 Å². The minimum atomic E-state index is 0. The van der Waals surface area contributed by atoms with Crippen molar-refractivity contribution >= 4 is 41.3 Å². The zero-order chi connectivity index (χ0) is 19.5. The normalized spacial score (nSPS) is 12.3. The monoisotopic (exact) mass is 504 g/mol. The zero-order valence-corrected chi connectivity index (χ0v) is 20.8. The van der Waals surface area contributed by atoms with Crippen LogP contribution in [0.25, 0.3) is 0 Å². The van der Waals surface area contributed by atoms with Crippen LogP contribution in [-0.4, -0.2) is 39.7 Å². The SMILES string of the molecule is CN=C(NCc1csc(C(C)(C)C)n1)N(C)Cc1cn(C)nc1C(C)C.I. The first kappa shape index (κ1) is 23.9. The average Bonchev–Trinajstić information content (AvgIpc) is 3.14. The molecular weight excluding hydrogens is 471 g/mol. The van der Waals surface area contributed by atoms with Crippen LogP contribution >= 0.6 is 35.3 Å². The minimum Gasteiger partial charge on any atom is -0.351 e. The lowest BCUT2D eigenvalue weighted by molar-refractivity contribution is 0.472. The molecule has 0 aliphatic rings. The van der Waals surface area contributed by atoms with Crippen LogP contribution in [0.15, 0.2) is 16.6 Å². The Hall–Kier alpha value is -1.16. The maximum absolute atomic E-state index is 4.74. The number of aryl methyl sites for hydroxylation is 1. The summed E-state index contributed by atoms with van der Waals surface area (Å²) in [5.41, 5.74) is 3.52. The van der Waals surface area contributed by atoms with Crippen molar-refractivity contribution in [3.8, 4) is 0 Å².